The average Bonchev–Trinajstić information content (AvgIpc) is 2.97. The van der Waals surface area contributed by atoms with Crippen molar-refractivity contribution in [3.05, 3.63) is 23.3 Å². The molecule has 4 unspecified atom stereocenters. The van der Waals surface area contributed by atoms with E-state index in [0.717, 1.165) is 24.8 Å². The molecule has 0 spiro atoms. The smallest absolute Gasteiger partial charge is 0.342 e. The number of hydrogen-bond acceptors (Lipinski definition) is 6. The highest BCUT2D eigenvalue weighted by Crippen LogP contribution is 2.52. The van der Waals surface area contributed by atoms with Gasteiger partial charge < -0.3 is 9.47 Å². The number of cyclic esters (lactones) is 4. The molecule has 4 rings (SSSR count). The van der Waals surface area contributed by atoms with Crippen LogP contribution in [0.1, 0.15) is 25.7 Å². The van der Waals surface area contributed by atoms with Crippen molar-refractivity contribution < 1.29 is 28.7 Å². The van der Waals surface area contributed by atoms with Crippen molar-refractivity contribution in [3.8, 4) is 0 Å². The summed E-state index contributed by atoms with van der Waals surface area (Å²) in [6.45, 7) is 0. The Morgan fingerprint density at radius 2 is 1.77 bits per heavy atom. The Bertz CT molecular complexity index is 670. The standard InChI is InChI=1S/C16H14O6/c17-12-6-10(14(18)21-12)9-5-11-13(16(20)22-15(11)19)8-4-2-1-3-7(8)9/h4,6-7,9,11,13H,1-3,5H2. The van der Waals surface area contributed by atoms with Crippen LogP contribution in [0.25, 0.3) is 0 Å². The summed E-state index contributed by atoms with van der Waals surface area (Å²) in [5.41, 5.74) is 1.23. The van der Waals surface area contributed by atoms with Gasteiger partial charge in [0.25, 0.3) is 0 Å². The van der Waals surface area contributed by atoms with E-state index < -0.39 is 35.7 Å². The van der Waals surface area contributed by atoms with Gasteiger partial charge in [-0.05, 0) is 37.5 Å². The Hall–Kier alpha value is -2.24. The number of rotatable bonds is 1. The van der Waals surface area contributed by atoms with E-state index in [4.69, 9.17) is 4.74 Å². The molecular formula is C16H14O6. The SMILES string of the molecule is O=C1C=C(C2CC3C(=O)OC(=O)C3C3=CCCCC32)C(=O)O1. The zero-order valence-electron chi connectivity index (χ0n) is 11.7. The highest BCUT2D eigenvalue weighted by atomic mass is 16.6. The van der Waals surface area contributed by atoms with Crippen LogP contribution in [0, 0.1) is 23.7 Å². The lowest BCUT2D eigenvalue weighted by atomic mass is 9.61. The minimum absolute atomic E-state index is 0.00171. The van der Waals surface area contributed by atoms with Gasteiger partial charge in [0.2, 0.25) is 0 Å². The molecule has 2 aliphatic carbocycles. The van der Waals surface area contributed by atoms with Gasteiger partial charge in [0, 0.05) is 11.6 Å². The van der Waals surface area contributed by atoms with Gasteiger partial charge in [0.05, 0.1) is 11.8 Å². The molecule has 0 aromatic heterocycles. The number of allylic oxidation sites excluding steroid dienone is 1. The van der Waals surface area contributed by atoms with Crippen LogP contribution in [0.3, 0.4) is 0 Å². The summed E-state index contributed by atoms with van der Waals surface area (Å²) in [7, 11) is 0. The molecule has 114 valence electrons. The minimum atomic E-state index is -0.659. The molecule has 0 N–H and O–H groups in total. The van der Waals surface area contributed by atoms with Crippen LogP contribution < -0.4 is 0 Å². The van der Waals surface area contributed by atoms with Crippen molar-refractivity contribution in [2.24, 2.45) is 23.7 Å². The Labute approximate surface area is 126 Å². The first-order valence-electron chi connectivity index (χ1n) is 7.49. The van der Waals surface area contributed by atoms with Crippen LogP contribution in [-0.2, 0) is 28.7 Å². The molecule has 2 heterocycles. The van der Waals surface area contributed by atoms with Crippen molar-refractivity contribution in [1.29, 1.82) is 0 Å². The van der Waals surface area contributed by atoms with Crippen LogP contribution in [0.2, 0.25) is 0 Å². The van der Waals surface area contributed by atoms with Crippen molar-refractivity contribution in [1.82, 2.24) is 0 Å². The van der Waals surface area contributed by atoms with Gasteiger partial charge in [-0.25, -0.2) is 9.59 Å². The third-order valence-corrected chi connectivity index (χ3v) is 5.14. The Morgan fingerprint density at radius 1 is 0.955 bits per heavy atom. The van der Waals surface area contributed by atoms with Gasteiger partial charge in [0.15, 0.2) is 0 Å². The fourth-order valence-corrected chi connectivity index (χ4v) is 4.26. The summed E-state index contributed by atoms with van der Waals surface area (Å²) in [6.07, 6.45) is 6.22. The maximum absolute atomic E-state index is 12.0. The van der Waals surface area contributed by atoms with Crippen LogP contribution in [0.5, 0.6) is 0 Å². The molecule has 1 saturated carbocycles. The van der Waals surface area contributed by atoms with Crippen LogP contribution in [-0.4, -0.2) is 23.9 Å². The summed E-state index contributed by atoms with van der Waals surface area (Å²) in [5, 5.41) is 0. The fraction of sp³-hybridized carbons (Fsp3) is 0.500. The molecule has 0 radical (unpaired) electrons. The zero-order valence-corrected chi connectivity index (χ0v) is 11.7. The van der Waals surface area contributed by atoms with E-state index in [1.54, 1.807) is 0 Å². The third-order valence-electron chi connectivity index (χ3n) is 5.14. The average molecular weight is 302 g/mol. The Balaban J connectivity index is 1.76. The molecule has 0 aromatic carbocycles. The lowest BCUT2D eigenvalue weighted by Crippen LogP contribution is -2.38. The summed E-state index contributed by atoms with van der Waals surface area (Å²) in [4.78, 5) is 47.1. The largest absolute Gasteiger partial charge is 0.392 e. The normalized spacial score (nSPS) is 37.1. The molecule has 4 atom stereocenters. The fourth-order valence-electron chi connectivity index (χ4n) is 4.26. The quantitative estimate of drug-likeness (QED) is 0.409. The predicted molar refractivity (Wildman–Crippen MR) is 70.8 cm³/mol. The molecule has 4 aliphatic rings. The van der Waals surface area contributed by atoms with Gasteiger partial charge in [-0.2, -0.15) is 0 Å². The molecule has 6 nitrogen and oxygen atoms in total. The van der Waals surface area contributed by atoms with Crippen molar-refractivity contribution in [2.75, 3.05) is 0 Å². The topological polar surface area (TPSA) is 86.7 Å². The number of esters is 4. The van der Waals surface area contributed by atoms with E-state index in [1.807, 2.05) is 6.08 Å². The van der Waals surface area contributed by atoms with E-state index in [-0.39, 0.29) is 11.8 Å². The van der Waals surface area contributed by atoms with Gasteiger partial charge >= 0.3 is 23.9 Å². The molecule has 0 aromatic rings. The first-order chi connectivity index (χ1) is 10.6. The number of carbonyl (C=O) groups is 4. The maximum Gasteiger partial charge on any atom is 0.342 e. The van der Waals surface area contributed by atoms with Gasteiger partial charge in [-0.3, -0.25) is 9.59 Å². The van der Waals surface area contributed by atoms with Crippen LogP contribution in [0.4, 0.5) is 0 Å². The second-order valence-corrected chi connectivity index (χ2v) is 6.22. The molecule has 2 fully saturated rings. The molecule has 2 aliphatic heterocycles. The molecular weight excluding hydrogens is 288 g/mol. The number of carbonyl (C=O) groups excluding carboxylic acids is 4. The van der Waals surface area contributed by atoms with E-state index in [1.165, 1.54) is 6.08 Å². The van der Waals surface area contributed by atoms with E-state index >= 15 is 0 Å². The molecule has 22 heavy (non-hydrogen) atoms. The highest BCUT2D eigenvalue weighted by molar-refractivity contribution is 6.09. The van der Waals surface area contributed by atoms with Crippen molar-refractivity contribution >= 4 is 23.9 Å². The first kappa shape index (κ1) is 13.4. The van der Waals surface area contributed by atoms with Crippen molar-refractivity contribution in [2.45, 2.75) is 25.7 Å². The number of ether oxygens (including phenoxy) is 2. The highest BCUT2D eigenvalue weighted by Gasteiger charge is 2.55. The van der Waals surface area contributed by atoms with Gasteiger partial charge in [0.1, 0.15) is 0 Å². The van der Waals surface area contributed by atoms with Crippen molar-refractivity contribution in [3.63, 3.8) is 0 Å². The second kappa shape index (κ2) is 4.63. The van der Waals surface area contributed by atoms with E-state index in [0.29, 0.717) is 12.0 Å². The summed E-state index contributed by atoms with van der Waals surface area (Å²) < 4.78 is 9.39. The van der Waals surface area contributed by atoms with E-state index in [9.17, 15) is 19.2 Å². The van der Waals surface area contributed by atoms with Gasteiger partial charge in [-0.15, -0.1) is 0 Å². The summed E-state index contributed by atoms with van der Waals surface area (Å²) in [5.74, 6) is -3.62. The Kier molecular flexibility index (Phi) is 2.82. The van der Waals surface area contributed by atoms with E-state index in [2.05, 4.69) is 4.74 Å². The summed E-state index contributed by atoms with van der Waals surface area (Å²) in [6, 6.07) is 0. The first-order valence-corrected chi connectivity index (χ1v) is 7.49. The molecule has 1 saturated heterocycles. The summed E-state index contributed by atoms with van der Waals surface area (Å²) >= 11 is 0. The zero-order chi connectivity index (χ0) is 15.4. The number of hydrogen-bond donors (Lipinski definition) is 0. The monoisotopic (exact) mass is 302 g/mol. The lowest BCUT2D eigenvalue weighted by Gasteiger charge is -2.40. The number of fused-ring (bicyclic) bond motifs is 3. The maximum atomic E-state index is 12.0. The molecule has 0 bridgehead atoms. The second-order valence-electron chi connectivity index (χ2n) is 6.22. The lowest BCUT2D eigenvalue weighted by molar-refractivity contribution is -0.154. The van der Waals surface area contributed by atoms with Crippen LogP contribution in [0.15, 0.2) is 23.3 Å². The minimum Gasteiger partial charge on any atom is -0.392 e. The van der Waals surface area contributed by atoms with Crippen LogP contribution >= 0.6 is 0 Å². The molecule has 6 heteroatoms. The predicted octanol–water partition coefficient (Wildman–Crippen LogP) is 1.06. The molecule has 0 amide bonds. The third kappa shape index (κ3) is 1.79. The Morgan fingerprint density at radius 3 is 2.50 bits per heavy atom. The van der Waals surface area contributed by atoms with Gasteiger partial charge in [-0.1, -0.05) is 11.6 Å².